The molecule has 112 valence electrons. The van der Waals surface area contributed by atoms with Crippen LogP contribution >= 0.6 is 0 Å². The Kier molecular flexibility index (Phi) is 5.20. The van der Waals surface area contributed by atoms with Crippen molar-refractivity contribution in [1.82, 2.24) is 4.98 Å². The van der Waals surface area contributed by atoms with Gasteiger partial charge in [0.05, 0.1) is 24.2 Å². The lowest BCUT2D eigenvalue weighted by molar-refractivity contribution is -0.0496. The lowest BCUT2D eigenvalue weighted by atomic mass is 10.2. The van der Waals surface area contributed by atoms with Gasteiger partial charge in [-0.3, -0.25) is 10.3 Å². The van der Waals surface area contributed by atoms with Crippen LogP contribution in [-0.2, 0) is 11.3 Å². The largest absolute Gasteiger partial charge is 0.444 e. The molecule has 1 heterocycles. The number of nitrogens with one attached hydrogen (secondary N) is 1. The van der Waals surface area contributed by atoms with Gasteiger partial charge in [0.1, 0.15) is 5.60 Å². The molecule has 0 aliphatic rings. The van der Waals surface area contributed by atoms with E-state index in [4.69, 9.17) is 9.84 Å². The number of amides is 1. The summed E-state index contributed by atoms with van der Waals surface area (Å²) in [7, 11) is 0. The smallest absolute Gasteiger partial charge is 0.412 e. The highest BCUT2D eigenvalue weighted by molar-refractivity contribution is 5.86. The molecule has 6 nitrogen and oxygen atoms in total. The molecule has 0 aliphatic heterocycles. The molecule has 1 rings (SSSR count). The standard InChI is InChI=1S/C12H16F2N2O4/c1-12(2,3)20-11(18)16-8-4-7(6-17)15-5-9(8)19-10(13)14/h4-5,10,17H,6H2,1-3H3,(H,15,16,18). The summed E-state index contributed by atoms with van der Waals surface area (Å²) in [6.07, 6.45) is 0.163. The minimum Gasteiger partial charge on any atom is -0.444 e. The number of pyridine rings is 1. The fraction of sp³-hybridized carbons (Fsp3) is 0.500. The van der Waals surface area contributed by atoms with Crippen molar-refractivity contribution >= 4 is 11.8 Å². The van der Waals surface area contributed by atoms with Crippen molar-refractivity contribution in [3.63, 3.8) is 0 Å². The first-order valence-electron chi connectivity index (χ1n) is 5.76. The molecule has 1 aromatic heterocycles. The maximum atomic E-state index is 12.2. The summed E-state index contributed by atoms with van der Waals surface area (Å²) in [4.78, 5) is 15.3. The zero-order chi connectivity index (χ0) is 15.3. The fourth-order valence-electron chi connectivity index (χ4n) is 1.27. The topological polar surface area (TPSA) is 80.7 Å². The average Bonchev–Trinajstić information content (AvgIpc) is 2.28. The summed E-state index contributed by atoms with van der Waals surface area (Å²) in [6.45, 7) is 1.52. The zero-order valence-electron chi connectivity index (χ0n) is 11.3. The van der Waals surface area contributed by atoms with Crippen LogP contribution in [0.3, 0.4) is 0 Å². The van der Waals surface area contributed by atoms with Gasteiger partial charge in [0.2, 0.25) is 0 Å². The number of halogens is 2. The number of anilines is 1. The lowest BCUT2D eigenvalue weighted by Crippen LogP contribution is -2.27. The zero-order valence-corrected chi connectivity index (χ0v) is 11.3. The van der Waals surface area contributed by atoms with Gasteiger partial charge in [-0.25, -0.2) is 4.79 Å². The van der Waals surface area contributed by atoms with Crippen molar-refractivity contribution in [2.75, 3.05) is 5.32 Å². The summed E-state index contributed by atoms with van der Waals surface area (Å²) in [6, 6.07) is 1.22. The highest BCUT2D eigenvalue weighted by Crippen LogP contribution is 2.26. The van der Waals surface area contributed by atoms with Crippen LogP contribution in [0.4, 0.5) is 19.3 Å². The van der Waals surface area contributed by atoms with Gasteiger partial charge in [0.15, 0.2) is 5.75 Å². The first-order chi connectivity index (χ1) is 9.21. The Balaban J connectivity index is 2.92. The SMILES string of the molecule is CC(C)(C)OC(=O)Nc1cc(CO)ncc1OC(F)F. The molecule has 0 unspecified atom stereocenters. The third-order valence-corrected chi connectivity index (χ3v) is 1.94. The van der Waals surface area contributed by atoms with Crippen LogP contribution in [0.25, 0.3) is 0 Å². The van der Waals surface area contributed by atoms with Crippen molar-refractivity contribution < 1.29 is 28.2 Å². The van der Waals surface area contributed by atoms with Crippen molar-refractivity contribution in [3.8, 4) is 5.75 Å². The van der Waals surface area contributed by atoms with Crippen LogP contribution in [0.1, 0.15) is 26.5 Å². The Labute approximate surface area is 114 Å². The van der Waals surface area contributed by atoms with Gasteiger partial charge in [-0.2, -0.15) is 8.78 Å². The second-order valence-electron chi connectivity index (χ2n) is 4.84. The van der Waals surface area contributed by atoms with E-state index in [1.165, 1.54) is 6.07 Å². The number of ether oxygens (including phenoxy) is 2. The van der Waals surface area contributed by atoms with E-state index in [0.717, 1.165) is 6.20 Å². The molecule has 8 heteroatoms. The van der Waals surface area contributed by atoms with E-state index in [1.54, 1.807) is 20.8 Å². The van der Waals surface area contributed by atoms with Gasteiger partial charge < -0.3 is 14.6 Å². The maximum absolute atomic E-state index is 12.2. The second-order valence-corrected chi connectivity index (χ2v) is 4.84. The molecule has 0 saturated heterocycles. The maximum Gasteiger partial charge on any atom is 0.412 e. The van der Waals surface area contributed by atoms with E-state index in [9.17, 15) is 13.6 Å². The predicted molar refractivity (Wildman–Crippen MR) is 66.6 cm³/mol. The van der Waals surface area contributed by atoms with Crippen LogP contribution in [0.15, 0.2) is 12.3 Å². The summed E-state index contributed by atoms with van der Waals surface area (Å²) in [5.41, 5.74) is -0.600. The number of carbonyl (C=O) groups excluding carboxylic acids is 1. The summed E-state index contributed by atoms with van der Waals surface area (Å²) >= 11 is 0. The van der Waals surface area contributed by atoms with E-state index in [1.807, 2.05) is 0 Å². The first kappa shape index (κ1) is 16.1. The molecular formula is C12H16F2N2O4. The summed E-state index contributed by atoms with van der Waals surface area (Å²) in [5, 5.41) is 11.2. The molecule has 0 bridgehead atoms. The van der Waals surface area contributed by atoms with Crippen LogP contribution < -0.4 is 10.1 Å². The Morgan fingerprint density at radius 1 is 1.50 bits per heavy atom. The Morgan fingerprint density at radius 3 is 2.65 bits per heavy atom. The minimum absolute atomic E-state index is 0.0569. The molecule has 20 heavy (non-hydrogen) atoms. The Morgan fingerprint density at radius 2 is 2.15 bits per heavy atom. The van der Waals surface area contributed by atoms with Gasteiger partial charge >= 0.3 is 12.7 Å². The third-order valence-electron chi connectivity index (χ3n) is 1.94. The molecule has 0 aliphatic carbocycles. The van der Waals surface area contributed by atoms with E-state index in [2.05, 4.69) is 15.0 Å². The third kappa shape index (κ3) is 5.35. The molecule has 0 aromatic carbocycles. The monoisotopic (exact) mass is 290 g/mol. The molecule has 1 amide bonds. The fourth-order valence-corrected chi connectivity index (χ4v) is 1.27. The number of alkyl halides is 2. The van der Waals surface area contributed by atoms with Crippen molar-refractivity contribution in [2.24, 2.45) is 0 Å². The Hall–Kier alpha value is -1.96. The molecule has 0 atom stereocenters. The molecular weight excluding hydrogens is 274 g/mol. The van der Waals surface area contributed by atoms with E-state index >= 15 is 0 Å². The first-order valence-corrected chi connectivity index (χ1v) is 5.76. The van der Waals surface area contributed by atoms with Gasteiger partial charge in [-0.15, -0.1) is 0 Å². The second kappa shape index (κ2) is 6.47. The van der Waals surface area contributed by atoms with E-state index < -0.39 is 24.9 Å². The number of hydrogen-bond acceptors (Lipinski definition) is 5. The van der Waals surface area contributed by atoms with Gasteiger partial charge in [0, 0.05) is 0 Å². The molecule has 2 N–H and O–H groups in total. The van der Waals surface area contributed by atoms with Gasteiger partial charge in [0.25, 0.3) is 0 Å². The highest BCUT2D eigenvalue weighted by atomic mass is 19.3. The van der Waals surface area contributed by atoms with Gasteiger partial charge in [-0.1, -0.05) is 0 Å². The number of aromatic nitrogens is 1. The van der Waals surface area contributed by atoms with Crippen LogP contribution in [0.5, 0.6) is 5.75 Å². The summed E-state index contributed by atoms with van der Waals surface area (Å²) < 4.78 is 33.7. The van der Waals surface area contributed by atoms with Gasteiger partial charge in [-0.05, 0) is 26.8 Å². The summed E-state index contributed by atoms with van der Waals surface area (Å²) in [5.74, 6) is -0.317. The minimum atomic E-state index is -3.06. The molecule has 1 aromatic rings. The molecule has 0 radical (unpaired) electrons. The van der Waals surface area contributed by atoms with E-state index in [0.29, 0.717) is 0 Å². The van der Waals surface area contributed by atoms with Crippen molar-refractivity contribution in [3.05, 3.63) is 18.0 Å². The lowest BCUT2D eigenvalue weighted by Gasteiger charge is -2.20. The number of aliphatic hydroxyl groups excluding tert-OH is 1. The predicted octanol–water partition coefficient (Wildman–Crippen LogP) is 2.52. The van der Waals surface area contributed by atoms with Crippen molar-refractivity contribution in [2.45, 2.75) is 39.6 Å². The average molecular weight is 290 g/mol. The number of carbonyl (C=O) groups is 1. The number of hydrogen-bond donors (Lipinski definition) is 2. The Bertz CT molecular complexity index is 475. The molecule has 0 saturated carbocycles. The number of rotatable bonds is 4. The van der Waals surface area contributed by atoms with Crippen LogP contribution in [0, 0.1) is 0 Å². The quantitative estimate of drug-likeness (QED) is 0.890. The van der Waals surface area contributed by atoms with Crippen LogP contribution in [0.2, 0.25) is 0 Å². The van der Waals surface area contributed by atoms with Crippen LogP contribution in [-0.4, -0.2) is 28.4 Å². The number of nitrogens with zero attached hydrogens (tertiary/aromatic N) is 1. The van der Waals surface area contributed by atoms with Crippen molar-refractivity contribution in [1.29, 1.82) is 0 Å². The number of aliphatic hydroxyl groups is 1. The highest BCUT2D eigenvalue weighted by Gasteiger charge is 2.19. The molecule has 0 spiro atoms. The normalized spacial score (nSPS) is 11.3. The van der Waals surface area contributed by atoms with E-state index in [-0.39, 0.29) is 17.1 Å². The molecule has 0 fully saturated rings.